The van der Waals surface area contributed by atoms with Crippen LogP contribution in [-0.4, -0.2) is 5.11 Å². The Labute approximate surface area is 83.8 Å². The van der Waals surface area contributed by atoms with Crippen LogP contribution in [0.1, 0.15) is 0 Å². The fourth-order valence-electron chi connectivity index (χ4n) is 1.42. The van der Waals surface area contributed by atoms with Crippen LogP contribution in [0.5, 0.6) is 0 Å². The van der Waals surface area contributed by atoms with Crippen LogP contribution < -0.4 is 0 Å². The third-order valence-corrected chi connectivity index (χ3v) is 2.21. The van der Waals surface area contributed by atoms with E-state index in [0.717, 1.165) is 5.57 Å². The molecule has 0 atom stereocenters. The molecule has 0 heterocycles. The Morgan fingerprint density at radius 2 is 1.71 bits per heavy atom. The lowest BCUT2D eigenvalue weighted by Crippen LogP contribution is -1.84. The summed E-state index contributed by atoms with van der Waals surface area (Å²) in [5.41, 5.74) is 0.868. The van der Waals surface area contributed by atoms with Gasteiger partial charge in [0, 0.05) is 11.5 Å². The second-order valence-corrected chi connectivity index (χ2v) is 3.27. The Bertz CT molecular complexity index is 363. The molecule has 0 aliphatic heterocycles. The summed E-state index contributed by atoms with van der Waals surface area (Å²) >= 11 is 0. The highest BCUT2D eigenvalue weighted by Gasteiger charge is 2.01. The second kappa shape index (κ2) is 3.97. The molecule has 0 aromatic rings. The Kier molecular flexibility index (Phi) is 2.50. The molecule has 70 valence electrons. The zero-order valence-electron chi connectivity index (χ0n) is 7.80. The lowest BCUT2D eigenvalue weighted by atomic mass is 10.1. The molecule has 0 aromatic heterocycles. The van der Waals surface area contributed by atoms with Gasteiger partial charge in [-0.3, -0.25) is 0 Å². The van der Waals surface area contributed by atoms with Crippen molar-refractivity contribution in [1.29, 1.82) is 0 Å². The van der Waals surface area contributed by atoms with Gasteiger partial charge < -0.3 is 5.11 Å². The molecule has 1 N–H and O–H groups in total. The molecule has 0 radical (unpaired) electrons. The van der Waals surface area contributed by atoms with Gasteiger partial charge in [0.05, 0.1) is 0 Å². The van der Waals surface area contributed by atoms with E-state index in [2.05, 4.69) is 12.2 Å². The molecule has 0 unspecified atom stereocenters. The monoisotopic (exact) mass is 184 g/mol. The molecule has 2 aliphatic rings. The zero-order chi connectivity index (χ0) is 9.80. The van der Waals surface area contributed by atoms with Crippen molar-refractivity contribution < 1.29 is 5.11 Å². The van der Waals surface area contributed by atoms with Crippen molar-refractivity contribution in [3.8, 4) is 0 Å². The maximum Gasteiger partial charge on any atom is 0.122 e. The van der Waals surface area contributed by atoms with Gasteiger partial charge in [0.1, 0.15) is 5.76 Å². The predicted molar refractivity (Wildman–Crippen MR) is 58.8 cm³/mol. The molecule has 14 heavy (non-hydrogen) atoms. The molecule has 0 amide bonds. The lowest BCUT2D eigenvalue weighted by molar-refractivity contribution is 0.429. The summed E-state index contributed by atoms with van der Waals surface area (Å²) in [6.07, 6.45) is 19.5. The van der Waals surface area contributed by atoms with E-state index in [-0.39, 0.29) is 0 Å². The highest BCUT2D eigenvalue weighted by molar-refractivity contribution is 5.44. The van der Waals surface area contributed by atoms with Gasteiger partial charge in [-0.05, 0) is 6.08 Å². The molecule has 1 nitrogen and oxygen atoms in total. The minimum atomic E-state index is 0.323. The quantitative estimate of drug-likeness (QED) is 0.653. The maximum absolute atomic E-state index is 9.65. The van der Waals surface area contributed by atoms with E-state index in [1.165, 1.54) is 0 Å². The molecular formula is C13H12O. The Hall–Kier alpha value is -1.76. The van der Waals surface area contributed by atoms with E-state index in [1.54, 1.807) is 6.08 Å². The van der Waals surface area contributed by atoms with Crippen molar-refractivity contribution in [3.05, 3.63) is 72.1 Å². The minimum Gasteiger partial charge on any atom is -0.507 e. The van der Waals surface area contributed by atoms with Gasteiger partial charge in [-0.25, -0.2) is 0 Å². The first-order valence-electron chi connectivity index (χ1n) is 4.67. The first-order chi connectivity index (χ1) is 6.86. The highest BCUT2D eigenvalue weighted by Crippen LogP contribution is 2.15. The summed E-state index contributed by atoms with van der Waals surface area (Å²) < 4.78 is 0. The van der Waals surface area contributed by atoms with Gasteiger partial charge in [-0.1, -0.05) is 54.7 Å². The van der Waals surface area contributed by atoms with Crippen LogP contribution >= 0.6 is 0 Å². The van der Waals surface area contributed by atoms with Crippen LogP contribution in [0.25, 0.3) is 0 Å². The summed E-state index contributed by atoms with van der Waals surface area (Å²) in [4.78, 5) is 0. The van der Waals surface area contributed by atoms with E-state index in [4.69, 9.17) is 0 Å². The van der Waals surface area contributed by atoms with Gasteiger partial charge in [0.25, 0.3) is 0 Å². The molecular weight excluding hydrogens is 172 g/mol. The van der Waals surface area contributed by atoms with Crippen molar-refractivity contribution in [3.63, 3.8) is 0 Å². The molecule has 1 heteroatoms. The Morgan fingerprint density at radius 1 is 1.07 bits per heavy atom. The third kappa shape index (κ3) is 1.94. The van der Waals surface area contributed by atoms with Crippen LogP contribution in [0.3, 0.4) is 0 Å². The Balaban J connectivity index is 2.07. The molecule has 0 saturated carbocycles. The number of aliphatic hydroxyl groups is 1. The van der Waals surface area contributed by atoms with Crippen LogP contribution in [0, 0.1) is 5.92 Å². The van der Waals surface area contributed by atoms with Gasteiger partial charge in [-0.15, -0.1) is 0 Å². The minimum absolute atomic E-state index is 0.323. The van der Waals surface area contributed by atoms with Gasteiger partial charge in [0.2, 0.25) is 0 Å². The SMILES string of the molecule is OC(/C=C/C1C=CC=C1)=C1C=CC=C1. The van der Waals surface area contributed by atoms with Crippen LogP contribution in [-0.2, 0) is 0 Å². The molecule has 0 bridgehead atoms. The standard InChI is InChI=1S/C13H12O/c14-13(12-7-3-4-8-12)10-9-11-5-1-2-6-11/h1-11,14H/b10-9+. The smallest absolute Gasteiger partial charge is 0.122 e. The molecule has 0 fully saturated rings. The summed E-state index contributed by atoms with van der Waals surface area (Å²) in [7, 11) is 0. The van der Waals surface area contributed by atoms with Crippen LogP contribution in [0.4, 0.5) is 0 Å². The van der Waals surface area contributed by atoms with Gasteiger partial charge in [-0.2, -0.15) is 0 Å². The van der Waals surface area contributed by atoms with Gasteiger partial charge >= 0.3 is 0 Å². The zero-order valence-corrected chi connectivity index (χ0v) is 7.80. The first kappa shape index (κ1) is 8.82. The molecule has 2 aliphatic carbocycles. The number of hydrogen-bond donors (Lipinski definition) is 1. The largest absolute Gasteiger partial charge is 0.507 e. The molecule has 0 saturated heterocycles. The van der Waals surface area contributed by atoms with Crippen molar-refractivity contribution in [1.82, 2.24) is 0 Å². The van der Waals surface area contributed by atoms with Crippen molar-refractivity contribution >= 4 is 0 Å². The maximum atomic E-state index is 9.65. The van der Waals surface area contributed by atoms with E-state index in [1.807, 2.05) is 42.5 Å². The van der Waals surface area contributed by atoms with E-state index >= 15 is 0 Å². The lowest BCUT2D eigenvalue weighted by Gasteiger charge is -1.97. The number of hydrogen-bond acceptors (Lipinski definition) is 1. The Morgan fingerprint density at radius 3 is 2.36 bits per heavy atom. The van der Waals surface area contributed by atoms with E-state index in [0.29, 0.717) is 11.7 Å². The number of aliphatic hydroxyl groups excluding tert-OH is 1. The number of rotatable bonds is 2. The number of allylic oxidation sites excluding steroid dienone is 11. The molecule has 2 rings (SSSR count). The topological polar surface area (TPSA) is 20.2 Å². The fraction of sp³-hybridized carbons (Fsp3) is 0.0769. The predicted octanol–water partition coefficient (Wildman–Crippen LogP) is 3.22. The average Bonchev–Trinajstić information content (AvgIpc) is 2.87. The van der Waals surface area contributed by atoms with Crippen molar-refractivity contribution in [2.75, 3.05) is 0 Å². The highest BCUT2D eigenvalue weighted by atomic mass is 16.3. The second-order valence-electron chi connectivity index (χ2n) is 3.27. The van der Waals surface area contributed by atoms with Gasteiger partial charge in [0.15, 0.2) is 0 Å². The summed E-state index contributed by atoms with van der Waals surface area (Å²) in [6.45, 7) is 0. The van der Waals surface area contributed by atoms with Crippen molar-refractivity contribution in [2.45, 2.75) is 0 Å². The third-order valence-electron chi connectivity index (χ3n) is 2.21. The first-order valence-corrected chi connectivity index (χ1v) is 4.67. The van der Waals surface area contributed by atoms with Crippen molar-refractivity contribution in [2.24, 2.45) is 5.92 Å². The molecule has 0 aromatic carbocycles. The average molecular weight is 184 g/mol. The van der Waals surface area contributed by atoms with Crippen LogP contribution in [0.15, 0.2) is 72.1 Å². The van der Waals surface area contributed by atoms with Crippen LogP contribution in [0.2, 0.25) is 0 Å². The van der Waals surface area contributed by atoms with E-state index < -0.39 is 0 Å². The fourth-order valence-corrected chi connectivity index (χ4v) is 1.42. The van der Waals surface area contributed by atoms with E-state index in [9.17, 15) is 5.11 Å². The summed E-state index contributed by atoms with van der Waals surface area (Å²) in [5.74, 6) is 0.649. The summed E-state index contributed by atoms with van der Waals surface area (Å²) in [5, 5.41) is 9.65. The molecule has 0 spiro atoms. The summed E-state index contributed by atoms with van der Waals surface area (Å²) in [6, 6.07) is 0. The normalized spacial score (nSPS) is 19.3.